The van der Waals surface area contributed by atoms with E-state index in [0.717, 1.165) is 5.56 Å². The van der Waals surface area contributed by atoms with Crippen molar-refractivity contribution in [3.8, 4) is 11.5 Å². The van der Waals surface area contributed by atoms with Crippen LogP contribution in [0.3, 0.4) is 0 Å². The number of benzene rings is 2. The Morgan fingerprint density at radius 1 is 1.13 bits per heavy atom. The van der Waals surface area contributed by atoms with Crippen LogP contribution in [0.15, 0.2) is 48.5 Å². The second kappa shape index (κ2) is 8.22. The number of rotatable bonds is 7. The van der Waals surface area contributed by atoms with Gasteiger partial charge in [-0.2, -0.15) is 0 Å². The summed E-state index contributed by atoms with van der Waals surface area (Å²) in [5.74, 6) is 1.18. The zero-order chi connectivity index (χ0) is 16.7. The molecule has 0 bridgehead atoms. The molecule has 0 saturated heterocycles. The fourth-order valence-electron chi connectivity index (χ4n) is 2.24. The summed E-state index contributed by atoms with van der Waals surface area (Å²) < 4.78 is 11.4. The van der Waals surface area contributed by atoms with E-state index < -0.39 is 6.10 Å². The molecular weight excluding hydrogens is 290 g/mol. The largest absolute Gasteiger partial charge is 0.492 e. The van der Waals surface area contributed by atoms with Crippen molar-refractivity contribution in [3.05, 3.63) is 54.1 Å². The van der Waals surface area contributed by atoms with Crippen molar-refractivity contribution in [1.82, 2.24) is 0 Å². The van der Waals surface area contributed by atoms with Gasteiger partial charge in [-0.15, -0.1) is 0 Å². The van der Waals surface area contributed by atoms with Gasteiger partial charge in [0.25, 0.3) is 5.91 Å². The van der Waals surface area contributed by atoms with Crippen LogP contribution >= 0.6 is 0 Å². The highest BCUT2D eigenvalue weighted by Crippen LogP contribution is 2.24. The number of carbonyl (C=O) groups excluding carboxylic acids is 1. The summed E-state index contributed by atoms with van der Waals surface area (Å²) >= 11 is 0. The standard InChI is InChI=1S/C19H23NO3/c1-4-17(23-15-10-8-9-14(3)13-15)19(21)20-16-11-6-7-12-18(16)22-5-2/h6-13,17H,4-5H2,1-3H3,(H,20,21)/t17-/m1/s1. The number of hydrogen-bond acceptors (Lipinski definition) is 3. The van der Waals surface area contributed by atoms with Crippen LogP contribution in [-0.4, -0.2) is 18.6 Å². The molecule has 23 heavy (non-hydrogen) atoms. The van der Waals surface area contributed by atoms with Crippen LogP contribution in [0.2, 0.25) is 0 Å². The third-order valence-corrected chi connectivity index (χ3v) is 3.38. The third-order valence-electron chi connectivity index (χ3n) is 3.38. The molecular formula is C19H23NO3. The summed E-state index contributed by atoms with van der Waals surface area (Å²) in [6, 6.07) is 15.1. The molecule has 0 spiro atoms. The van der Waals surface area contributed by atoms with E-state index in [1.54, 1.807) is 0 Å². The number of amides is 1. The lowest BCUT2D eigenvalue weighted by atomic mass is 10.2. The Morgan fingerprint density at radius 3 is 2.61 bits per heavy atom. The molecule has 0 aromatic heterocycles. The first-order valence-electron chi connectivity index (χ1n) is 7.90. The fraction of sp³-hybridized carbons (Fsp3) is 0.316. The van der Waals surface area contributed by atoms with E-state index in [9.17, 15) is 4.79 Å². The molecule has 1 amide bonds. The number of hydrogen-bond donors (Lipinski definition) is 1. The Balaban J connectivity index is 2.08. The van der Waals surface area contributed by atoms with Gasteiger partial charge in [-0.1, -0.05) is 31.2 Å². The summed E-state index contributed by atoms with van der Waals surface area (Å²) in [6.45, 7) is 6.37. The minimum absolute atomic E-state index is 0.179. The van der Waals surface area contributed by atoms with E-state index >= 15 is 0 Å². The minimum Gasteiger partial charge on any atom is -0.492 e. The Bertz CT molecular complexity index is 655. The SMILES string of the molecule is CCOc1ccccc1NC(=O)[C@@H](CC)Oc1cccc(C)c1. The highest BCUT2D eigenvalue weighted by atomic mass is 16.5. The quantitative estimate of drug-likeness (QED) is 0.833. The number of aryl methyl sites for hydroxylation is 1. The van der Waals surface area contributed by atoms with Gasteiger partial charge in [-0.05, 0) is 50.1 Å². The lowest BCUT2D eigenvalue weighted by Crippen LogP contribution is -2.32. The molecule has 0 unspecified atom stereocenters. The molecule has 0 saturated carbocycles. The van der Waals surface area contributed by atoms with Gasteiger partial charge >= 0.3 is 0 Å². The van der Waals surface area contributed by atoms with Crippen molar-refractivity contribution < 1.29 is 14.3 Å². The van der Waals surface area contributed by atoms with Gasteiger partial charge in [0.2, 0.25) is 0 Å². The van der Waals surface area contributed by atoms with Crippen molar-refractivity contribution in [1.29, 1.82) is 0 Å². The van der Waals surface area contributed by atoms with E-state index in [-0.39, 0.29) is 5.91 Å². The number of nitrogens with one attached hydrogen (secondary N) is 1. The molecule has 1 atom stereocenters. The number of ether oxygens (including phenoxy) is 2. The normalized spacial score (nSPS) is 11.6. The van der Waals surface area contributed by atoms with Crippen molar-refractivity contribution in [3.63, 3.8) is 0 Å². The van der Waals surface area contributed by atoms with Gasteiger partial charge in [0.1, 0.15) is 11.5 Å². The van der Waals surface area contributed by atoms with Crippen molar-refractivity contribution in [2.75, 3.05) is 11.9 Å². The van der Waals surface area contributed by atoms with E-state index in [1.807, 2.05) is 69.3 Å². The third kappa shape index (κ3) is 4.74. The Hall–Kier alpha value is -2.49. The number of carbonyl (C=O) groups is 1. The van der Waals surface area contributed by atoms with Gasteiger partial charge in [-0.3, -0.25) is 4.79 Å². The molecule has 2 aromatic carbocycles. The first-order valence-corrected chi connectivity index (χ1v) is 7.90. The lowest BCUT2D eigenvalue weighted by Gasteiger charge is -2.18. The van der Waals surface area contributed by atoms with Crippen LogP contribution < -0.4 is 14.8 Å². The zero-order valence-electron chi connectivity index (χ0n) is 13.8. The van der Waals surface area contributed by atoms with Crippen LogP contribution in [0, 0.1) is 6.92 Å². The number of para-hydroxylation sites is 2. The summed E-state index contributed by atoms with van der Waals surface area (Å²) in [5, 5.41) is 2.89. The maximum Gasteiger partial charge on any atom is 0.265 e. The first kappa shape index (κ1) is 16.9. The zero-order valence-corrected chi connectivity index (χ0v) is 13.8. The Morgan fingerprint density at radius 2 is 1.91 bits per heavy atom. The molecule has 2 rings (SSSR count). The smallest absolute Gasteiger partial charge is 0.265 e. The average molecular weight is 313 g/mol. The Kier molecular flexibility index (Phi) is 6.03. The van der Waals surface area contributed by atoms with E-state index in [0.29, 0.717) is 30.2 Å². The molecule has 0 radical (unpaired) electrons. The lowest BCUT2D eigenvalue weighted by molar-refractivity contribution is -0.122. The van der Waals surface area contributed by atoms with Crippen molar-refractivity contribution >= 4 is 11.6 Å². The molecule has 122 valence electrons. The predicted octanol–water partition coefficient (Wildman–Crippen LogP) is 4.19. The molecule has 0 fully saturated rings. The second-order valence-corrected chi connectivity index (χ2v) is 5.25. The van der Waals surface area contributed by atoms with Gasteiger partial charge in [0, 0.05) is 0 Å². The van der Waals surface area contributed by atoms with Crippen molar-refractivity contribution in [2.24, 2.45) is 0 Å². The molecule has 0 heterocycles. The topological polar surface area (TPSA) is 47.6 Å². The monoisotopic (exact) mass is 313 g/mol. The Labute approximate surface area is 137 Å². The first-order chi connectivity index (χ1) is 11.1. The van der Waals surface area contributed by atoms with Crippen LogP contribution in [0.5, 0.6) is 11.5 Å². The highest BCUT2D eigenvalue weighted by Gasteiger charge is 2.19. The summed E-state index contributed by atoms with van der Waals surface area (Å²) in [6.07, 6.45) is 0.0304. The van der Waals surface area contributed by atoms with Gasteiger partial charge in [0.05, 0.1) is 12.3 Å². The van der Waals surface area contributed by atoms with Crippen molar-refractivity contribution in [2.45, 2.75) is 33.3 Å². The summed E-state index contributed by atoms with van der Waals surface area (Å²) in [7, 11) is 0. The molecule has 4 nitrogen and oxygen atoms in total. The molecule has 4 heteroatoms. The maximum atomic E-state index is 12.5. The predicted molar refractivity (Wildman–Crippen MR) is 92.1 cm³/mol. The van der Waals surface area contributed by atoms with Crippen LogP contribution in [-0.2, 0) is 4.79 Å². The fourth-order valence-corrected chi connectivity index (χ4v) is 2.24. The van der Waals surface area contributed by atoms with Gasteiger partial charge < -0.3 is 14.8 Å². The molecule has 0 aliphatic rings. The summed E-state index contributed by atoms with van der Waals surface area (Å²) in [4.78, 5) is 12.5. The minimum atomic E-state index is -0.550. The van der Waals surface area contributed by atoms with Crippen LogP contribution in [0.25, 0.3) is 0 Å². The summed E-state index contributed by atoms with van der Waals surface area (Å²) in [5.41, 5.74) is 1.75. The van der Waals surface area contributed by atoms with Gasteiger partial charge in [0.15, 0.2) is 6.10 Å². The number of anilines is 1. The average Bonchev–Trinajstić information content (AvgIpc) is 2.54. The molecule has 2 aromatic rings. The molecule has 1 N–H and O–H groups in total. The molecule has 0 aliphatic heterocycles. The van der Waals surface area contributed by atoms with E-state index in [4.69, 9.17) is 9.47 Å². The second-order valence-electron chi connectivity index (χ2n) is 5.25. The maximum absolute atomic E-state index is 12.5. The van der Waals surface area contributed by atoms with E-state index in [1.165, 1.54) is 0 Å². The highest BCUT2D eigenvalue weighted by molar-refractivity contribution is 5.95. The van der Waals surface area contributed by atoms with Crippen LogP contribution in [0.1, 0.15) is 25.8 Å². The van der Waals surface area contributed by atoms with Crippen LogP contribution in [0.4, 0.5) is 5.69 Å². The molecule has 0 aliphatic carbocycles. The van der Waals surface area contributed by atoms with E-state index in [2.05, 4.69) is 5.32 Å². The van der Waals surface area contributed by atoms with Gasteiger partial charge in [-0.25, -0.2) is 0 Å².